The summed E-state index contributed by atoms with van der Waals surface area (Å²) in [5, 5.41) is 0. The van der Waals surface area contributed by atoms with Crippen LogP contribution in [0.5, 0.6) is 0 Å². The van der Waals surface area contributed by atoms with Gasteiger partial charge >= 0.3 is 31.3 Å². The zero-order valence-corrected chi connectivity index (χ0v) is 19.9. The number of aromatic nitrogens is 4. The van der Waals surface area contributed by atoms with E-state index in [1.165, 1.54) is 10.9 Å². The Hall–Kier alpha value is -1.17. The number of nitrogen functional groups attached to an aromatic ring is 1. The number of ether oxygens (including phenoxy) is 1. The fourth-order valence-electron chi connectivity index (χ4n) is 2.86. The Labute approximate surface area is 188 Å². The summed E-state index contributed by atoms with van der Waals surface area (Å²) in [6.45, 7) is -1.01. The molecule has 0 spiro atoms. The van der Waals surface area contributed by atoms with E-state index in [1.807, 2.05) is 0 Å². The normalized spacial score (nSPS) is 25.3. The van der Waals surface area contributed by atoms with Crippen LogP contribution >= 0.6 is 31.3 Å². The van der Waals surface area contributed by atoms with E-state index in [1.54, 1.807) is 0 Å². The second kappa shape index (κ2) is 9.71. The van der Waals surface area contributed by atoms with Crippen LogP contribution in [0.25, 0.3) is 11.2 Å². The lowest BCUT2D eigenvalue weighted by atomic mass is 10.2. The molecule has 20 nitrogen and oxygen atoms in total. The molecular weight excluding hydrogens is 554 g/mol. The van der Waals surface area contributed by atoms with E-state index in [0.717, 1.165) is 6.33 Å². The summed E-state index contributed by atoms with van der Waals surface area (Å²) in [6.07, 6.45) is -1.87. The molecule has 2 aromatic rings. The van der Waals surface area contributed by atoms with Gasteiger partial charge in [-0.2, -0.15) is 8.62 Å². The maximum atomic E-state index is 11.9. The highest BCUT2D eigenvalue weighted by molar-refractivity contribution is 7.66. The number of nitrogens with two attached hydrogens (primary N) is 1. The number of rotatable bonds is 10. The van der Waals surface area contributed by atoms with Gasteiger partial charge in [-0.1, -0.05) is 0 Å². The molecule has 1 aliphatic heterocycles. The predicted octanol–water partition coefficient (Wildman–Crippen LogP) is -0.483. The van der Waals surface area contributed by atoms with Crippen molar-refractivity contribution in [2.75, 3.05) is 12.3 Å². The first-order valence-electron chi connectivity index (χ1n) is 8.55. The zero-order chi connectivity index (χ0) is 25.5. The number of fused-ring (bicyclic) bond motifs is 1. The number of anilines is 1. The molecule has 0 radical (unpaired) electrons. The van der Waals surface area contributed by atoms with E-state index in [-0.39, 0.29) is 23.4 Å². The van der Waals surface area contributed by atoms with Crippen LogP contribution in [0, 0.1) is 0 Å². The smallest absolute Gasteiger partial charge is 0.382 e. The molecule has 0 bridgehead atoms. The monoisotopic (exact) mass is 571 g/mol. The van der Waals surface area contributed by atoms with Crippen molar-refractivity contribution >= 4 is 48.3 Å². The van der Waals surface area contributed by atoms with E-state index in [2.05, 4.69) is 32.6 Å². The van der Waals surface area contributed by atoms with Crippen molar-refractivity contribution in [3.8, 4) is 0 Å². The molecular formula is C10H17N5O15P4. The molecule has 3 rings (SSSR count). The SMILES string of the molecule is Nc1ncnc2c1ncn2[C@H]1C[C@H](OP(=O)(O)O)[C@@H](COP(=O)(O)OP(=O)(O)OP(=O)(O)O)O1. The lowest BCUT2D eigenvalue weighted by molar-refractivity contribution is -0.0416. The highest BCUT2D eigenvalue weighted by Gasteiger charge is 2.45. The van der Waals surface area contributed by atoms with Crippen molar-refractivity contribution in [3.63, 3.8) is 0 Å². The Morgan fingerprint density at radius 3 is 2.29 bits per heavy atom. The second-order valence-electron chi connectivity index (χ2n) is 6.47. The summed E-state index contributed by atoms with van der Waals surface area (Å²) in [6, 6.07) is 0. The molecule has 1 aliphatic rings. The van der Waals surface area contributed by atoms with Crippen molar-refractivity contribution in [2.45, 2.75) is 24.9 Å². The number of imidazole rings is 1. The van der Waals surface area contributed by atoms with Crippen LogP contribution < -0.4 is 5.73 Å². The van der Waals surface area contributed by atoms with E-state index >= 15 is 0 Å². The zero-order valence-electron chi connectivity index (χ0n) is 16.3. The first-order chi connectivity index (χ1) is 15.4. The van der Waals surface area contributed by atoms with Gasteiger partial charge in [0.05, 0.1) is 12.9 Å². The van der Waals surface area contributed by atoms with Gasteiger partial charge in [-0.25, -0.2) is 33.2 Å². The van der Waals surface area contributed by atoms with E-state index in [9.17, 15) is 28.0 Å². The van der Waals surface area contributed by atoms with E-state index in [0.29, 0.717) is 0 Å². The quantitative estimate of drug-likeness (QED) is 0.177. The van der Waals surface area contributed by atoms with Gasteiger partial charge in [0.1, 0.15) is 30.3 Å². The summed E-state index contributed by atoms with van der Waals surface area (Å²) >= 11 is 0. The third-order valence-corrected chi connectivity index (χ3v) is 8.32. The molecule has 1 saturated heterocycles. The summed E-state index contributed by atoms with van der Waals surface area (Å²) < 4.78 is 68.5. The number of nitrogens with zero attached hydrogens (tertiary/aromatic N) is 4. The molecule has 2 aromatic heterocycles. The van der Waals surface area contributed by atoms with Gasteiger partial charge in [-0.05, 0) is 0 Å². The molecule has 5 atom stereocenters. The maximum absolute atomic E-state index is 11.9. The Morgan fingerprint density at radius 1 is 1.00 bits per heavy atom. The largest absolute Gasteiger partial charge is 0.490 e. The van der Waals surface area contributed by atoms with Gasteiger partial charge in [0, 0.05) is 6.42 Å². The second-order valence-corrected chi connectivity index (χ2v) is 12.1. The fraction of sp³-hybridized carbons (Fsp3) is 0.500. The van der Waals surface area contributed by atoms with Crippen molar-refractivity contribution in [1.29, 1.82) is 0 Å². The Morgan fingerprint density at radius 2 is 1.68 bits per heavy atom. The van der Waals surface area contributed by atoms with Crippen LogP contribution in [-0.4, -0.2) is 67.7 Å². The molecule has 0 amide bonds. The molecule has 2 unspecified atom stereocenters. The van der Waals surface area contributed by atoms with Gasteiger partial charge in [-0.3, -0.25) is 13.6 Å². The molecule has 1 fully saturated rings. The lowest BCUT2D eigenvalue weighted by Gasteiger charge is -2.21. The third-order valence-electron chi connectivity index (χ3n) is 3.97. The van der Waals surface area contributed by atoms with Gasteiger partial charge < -0.3 is 39.8 Å². The molecule has 192 valence electrons. The standard InChI is InChI=1S/C10H17N5O15P4/c11-9-8-10(13-3-12-9)15(4-14-8)7-1-5(28-31(16,17)18)6(27-7)2-26-33(22,23)30-34(24,25)29-32(19,20)21/h3-7H,1-2H2,(H,22,23)(H,24,25)(H2,11,12,13)(H2,16,17,18)(H2,19,20,21)/t5-,6+,7+/m0/s1. The summed E-state index contributed by atoms with van der Waals surface area (Å²) in [5.74, 6) is 0.0361. The Kier molecular flexibility index (Phi) is 7.83. The molecule has 0 aromatic carbocycles. The van der Waals surface area contributed by atoms with Gasteiger partial charge in [0.15, 0.2) is 11.5 Å². The number of phosphoric ester groups is 2. The van der Waals surface area contributed by atoms with Gasteiger partial charge in [0.25, 0.3) is 0 Å². The highest BCUT2D eigenvalue weighted by atomic mass is 31.3. The van der Waals surface area contributed by atoms with Crippen LogP contribution in [0.15, 0.2) is 12.7 Å². The first kappa shape index (κ1) is 27.4. The number of hydrogen-bond acceptors (Lipinski definition) is 13. The van der Waals surface area contributed by atoms with Gasteiger partial charge in [-0.15, -0.1) is 0 Å². The van der Waals surface area contributed by atoms with Crippen molar-refractivity contribution in [1.82, 2.24) is 19.5 Å². The van der Waals surface area contributed by atoms with Crippen molar-refractivity contribution in [2.24, 2.45) is 0 Å². The van der Waals surface area contributed by atoms with Crippen LogP contribution in [-0.2, 0) is 40.7 Å². The van der Waals surface area contributed by atoms with Crippen molar-refractivity contribution in [3.05, 3.63) is 12.7 Å². The van der Waals surface area contributed by atoms with Crippen LogP contribution in [0.1, 0.15) is 12.6 Å². The number of hydrogen-bond donors (Lipinski definition) is 7. The molecule has 3 heterocycles. The minimum atomic E-state index is -5.77. The maximum Gasteiger partial charge on any atom is 0.490 e. The number of phosphoric acid groups is 4. The Balaban J connectivity index is 1.76. The van der Waals surface area contributed by atoms with Crippen LogP contribution in [0.2, 0.25) is 0 Å². The molecule has 8 N–H and O–H groups in total. The molecule has 24 heteroatoms. The third kappa shape index (κ3) is 7.41. The topological polar surface area (TPSA) is 305 Å². The van der Waals surface area contributed by atoms with Crippen LogP contribution in [0.3, 0.4) is 0 Å². The fourth-order valence-corrected chi connectivity index (χ4v) is 6.46. The van der Waals surface area contributed by atoms with E-state index < -0.39 is 56.3 Å². The summed E-state index contributed by atoms with van der Waals surface area (Å²) in [5.41, 5.74) is 6.07. The molecule has 34 heavy (non-hydrogen) atoms. The minimum absolute atomic E-state index is 0.0361. The average molecular weight is 571 g/mol. The lowest BCUT2D eigenvalue weighted by Crippen LogP contribution is -2.28. The summed E-state index contributed by atoms with van der Waals surface area (Å²) in [7, 11) is -22.0. The molecule has 0 aliphatic carbocycles. The minimum Gasteiger partial charge on any atom is -0.382 e. The van der Waals surface area contributed by atoms with Crippen molar-refractivity contribution < 1.29 is 70.0 Å². The molecule has 0 saturated carbocycles. The highest BCUT2D eigenvalue weighted by Crippen LogP contribution is 2.66. The average Bonchev–Trinajstić information content (AvgIpc) is 3.20. The van der Waals surface area contributed by atoms with Gasteiger partial charge in [0.2, 0.25) is 0 Å². The Bertz CT molecular complexity index is 1240. The van der Waals surface area contributed by atoms with Crippen LogP contribution in [0.4, 0.5) is 5.82 Å². The first-order valence-corrected chi connectivity index (χ1v) is 14.6. The predicted molar refractivity (Wildman–Crippen MR) is 105 cm³/mol. The summed E-state index contributed by atoms with van der Waals surface area (Å²) in [4.78, 5) is 65.9. The van der Waals surface area contributed by atoms with E-state index in [4.69, 9.17) is 30.0 Å².